The molecule has 26 heavy (non-hydrogen) atoms. The second-order valence-electron chi connectivity index (χ2n) is 5.68. The number of hydrogen-bond acceptors (Lipinski definition) is 4. The average Bonchev–Trinajstić information content (AvgIpc) is 2.61. The summed E-state index contributed by atoms with van der Waals surface area (Å²) in [4.78, 5) is 24.8. The molecule has 0 aliphatic rings. The Labute approximate surface area is 158 Å². The second kappa shape index (κ2) is 8.96. The van der Waals surface area contributed by atoms with Gasteiger partial charge in [-0.1, -0.05) is 18.2 Å². The minimum Gasteiger partial charge on any atom is -0.483 e. The summed E-state index contributed by atoms with van der Waals surface area (Å²) in [5.41, 5.74) is 2.43. The zero-order valence-electron chi connectivity index (χ0n) is 14.9. The molecule has 0 atom stereocenters. The quantitative estimate of drug-likeness (QED) is 0.791. The molecule has 0 fully saturated rings. The zero-order chi connectivity index (χ0) is 19.1. The lowest BCUT2D eigenvalue weighted by atomic mass is 10.2. The summed E-state index contributed by atoms with van der Waals surface area (Å²) in [6, 6.07) is 14.6. The van der Waals surface area contributed by atoms with Gasteiger partial charge in [-0.15, -0.1) is 0 Å². The molecule has 0 aromatic heterocycles. The van der Waals surface area contributed by atoms with Crippen LogP contribution in [0.15, 0.2) is 48.5 Å². The van der Waals surface area contributed by atoms with Crippen molar-refractivity contribution in [2.75, 3.05) is 23.9 Å². The Morgan fingerprint density at radius 1 is 1.12 bits per heavy atom. The Balaban J connectivity index is 1.83. The minimum atomic E-state index is -0.348. The van der Waals surface area contributed by atoms with Crippen LogP contribution in [0.3, 0.4) is 0 Å². The smallest absolute Gasteiger partial charge is 0.264 e. The van der Waals surface area contributed by atoms with Gasteiger partial charge < -0.3 is 15.0 Å². The number of benzene rings is 2. The van der Waals surface area contributed by atoms with E-state index in [2.05, 4.69) is 10.6 Å². The highest BCUT2D eigenvalue weighted by Crippen LogP contribution is 2.17. The van der Waals surface area contributed by atoms with Crippen LogP contribution in [0.1, 0.15) is 12.5 Å². The molecule has 6 nitrogen and oxygen atoms in total. The third kappa shape index (κ3) is 5.56. The summed E-state index contributed by atoms with van der Waals surface area (Å²) in [7, 11) is 1.70. The Morgan fingerprint density at radius 3 is 2.38 bits per heavy atom. The predicted octanol–water partition coefficient (Wildman–Crippen LogP) is 2.87. The molecular formula is C19H21N3O3S. The highest BCUT2D eigenvalue weighted by atomic mass is 32.1. The van der Waals surface area contributed by atoms with Crippen molar-refractivity contribution in [3.8, 4) is 5.75 Å². The minimum absolute atomic E-state index is 0.0536. The fourth-order valence-electron chi connectivity index (χ4n) is 2.14. The third-order valence-electron chi connectivity index (χ3n) is 3.69. The maximum absolute atomic E-state index is 11.9. The lowest BCUT2D eigenvalue weighted by Crippen LogP contribution is -2.37. The van der Waals surface area contributed by atoms with Gasteiger partial charge in [0.2, 0.25) is 5.91 Å². The molecule has 0 aliphatic heterocycles. The van der Waals surface area contributed by atoms with Gasteiger partial charge in [0.05, 0.1) is 0 Å². The van der Waals surface area contributed by atoms with Gasteiger partial charge in [0, 0.05) is 25.3 Å². The molecule has 7 heteroatoms. The number of rotatable bonds is 5. The number of carbonyl (C=O) groups is 2. The predicted molar refractivity (Wildman–Crippen MR) is 107 cm³/mol. The molecule has 136 valence electrons. The largest absolute Gasteiger partial charge is 0.483 e. The van der Waals surface area contributed by atoms with Gasteiger partial charge in [0.1, 0.15) is 5.75 Å². The number of anilines is 2. The molecule has 0 unspecified atom stereocenters. The van der Waals surface area contributed by atoms with Gasteiger partial charge in [0.15, 0.2) is 11.7 Å². The molecule has 0 aliphatic carbocycles. The van der Waals surface area contributed by atoms with Gasteiger partial charge in [-0.2, -0.15) is 0 Å². The van der Waals surface area contributed by atoms with Crippen LogP contribution in [0.25, 0.3) is 0 Å². The maximum Gasteiger partial charge on any atom is 0.264 e. The molecule has 2 N–H and O–H groups in total. The first-order valence-corrected chi connectivity index (χ1v) is 8.41. The number of nitrogens with zero attached hydrogens (tertiary/aromatic N) is 1. The number of thiocarbonyl (C=S) groups is 1. The molecule has 0 saturated heterocycles. The third-order valence-corrected chi connectivity index (χ3v) is 3.89. The van der Waals surface area contributed by atoms with E-state index in [0.29, 0.717) is 11.4 Å². The van der Waals surface area contributed by atoms with Crippen molar-refractivity contribution in [3.05, 3.63) is 54.1 Å². The van der Waals surface area contributed by atoms with Gasteiger partial charge in [-0.25, -0.2) is 0 Å². The van der Waals surface area contributed by atoms with Crippen molar-refractivity contribution in [1.82, 2.24) is 5.32 Å². The van der Waals surface area contributed by atoms with Gasteiger partial charge in [-0.05, 0) is 55.0 Å². The van der Waals surface area contributed by atoms with E-state index >= 15 is 0 Å². The van der Waals surface area contributed by atoms with E-state index in [-0.39, 0.29) is 23.5 Å². The number of hydrogen-bond donors (Lipinski definition) is 2. The monoisotopic (exact) mass is 371 g/mol. The van der Waals surface area contributed by atoms with E-state index in [9.17, 15) is 9.59 Å². The van der Waals surface area contributed by atoms with Crippen molar-refractivity contribution < 1.29 is 14.3 Å². The lowest BCUT2D eigenvalue weighted by Gasteiger charge is -2.16. The number of nitrogens with one attached hydrogen (secondary N) is 2. The average molecular weight is 371 g/mol. The van der Waals surface area contributed by atoms with Crippen LogP contribution in [0.5, 0.6) is 5.75 Å². The Hall–Kier alpha value is -2.93. The van der Waals surface area contributed by atoms with Crippen LogP contribution in [0, 0.1) is 6.92 Å². The summed E-state index contributed by atoms with van der Waals surface area (Å²) in [6.07, 6.45) is 0. The van der Waals surface area contributed by atoms with Gasteiger partial charge in [-0.3, -0.25) is 14.9 Å². The van der Waals surface area contributed by atoms with Crippen LogP contribution in [-0.2, 0) is 9.59 Å². The summed E-state index contributed by atoms with van der Waals surface area (Å²) >= 11 is 5.13. The van der Waals surface area contributed by atoms with Crippen LogP contribution in [0.4, 0.5) is 11.4 Å². The fourth-order valence-corrected chi connectivity index (χ4v) is 2.37. The first-order valence-electron chi connectivity index (χ1n) is 8.00. The summed E-state index contributed by atoms with van der Waals surface area (Å²) < 4.78 is 5.48. The lowest BCUT2D eigenvalue weighted by molar-refractivity contribution is -0.121. The molecule has 2 aromatic carbocycles. The molecule has 2 rings (SSSR count). The van der Waals surface area contributed by atoms with Crippen LogP contribution >= 0.6 is 12.2 Å². The molecule has 0 radical (unpaired) electrons. The summed E-state index contributed by atoms with van der Waals surface area (Å²) in [5, 5.41) is 5.66. The topological polar surface area (TPSA) is 70.7 Å². The molecule has 0 spiro atoms. The van der Waals surface area contributed by atoms with E-state index < -0.39 is 0 Å². The maximum atomic E-state index is 11.9. The number of carbonyl (C=O) groups excluding carboxylic acids is 2. The molecule has 0 bridgehead atoms. The summed E-state index contributed by atoms with van der Waals surface area (Å²) in [6.45, 7) is 3.28. The Kier molecular flexibility index (Phi) is 6.68. The number of para-hydroxylation sites is 1. The van der Waals surface area contributed by atoms with E-state index in [1.54, 1.807) is 37.4 Å². The first kappa shape index (κ1) is 19.4. The Morgan fingerprint density at radius 2 is 1.77 bits per heavy atom. The molecular weight excluding hydrogens is 350 g/mol. The molecule has 0 heterocycles. The van der Waals surface area contributed by atoms with Gasteiger partial charge >= 0.3 is 0 Å². The second-order valence-corrected chi connectivity index (χ2v) is 6.09. The zero-order valence-corrected chi connectivity index (χ0v) is 15.7. The number of amides is 2. The van der Waals surface area contributed by atoms with Crippen molar-refractivity contribution in [3.63, 3.8) is 0 Å². The highest BCUT2D eigenvalue weighted by Gasteiger charge is 2.08. The van der Waals surface area contributed by atoms with Crippen molar-refractivity contribution in [2.24, 2.45) is 0 Å². The van der Waals surface area contributed by atoms with Crippen LogP contribution in [0.2, 0.25) is 0 Å². The molecule has 0 saturated carbocycles. The van der Waals surface area contributed by atoms with Crippen LogP contribution in [-0.4, -0.2) is 30.6 Å². The van der Waals surface area contributed by atoms with E-state index in [4.69, 9.17) is 17.0 Å². The normalized spacial score (nSPS) is 9.96. The number of ether oxygens (including phenoxy) is 1. The van der Waals surface area contributed by atoms with Crippen molar-refractivity contribution >= 4 is 40.5 Å². The van der Waals surface area contributed by atoms with Gasteiger partial charge in [0.25, 0.3) is 5.91 Å². The standard InChI is InChI=1S/C19H21N3O3S/c1-13-6-4-5-7-17(13)25-12-18(24)21-19(26)20-15-8-10-16(11-9-15)22(3)14(2)23/h4-11H,12H2,1-3H3,(H2,20,21,24,26). The van der Waals surface area contributed by atoms with Crippen molar-refractivity contribution in [1.29, 1.82) is 0 Å². The molecule has 2 aromatic rings. The SMILES string of the molecule is CC(=O)N(C)c1ccc(NC(=S)NC(=O)COc2ccccc2C)cc1. The molecule has 2 amide bonds. The van der Waals surface area contributed by atoms with E-state index in [1.807, 2.05) is 25.1 Å². The number of aryl methyl sites for hydroxylation is 1. The van der Waals surface area contributed by atoms with E-state index in [0.717, 1.165) is 11.3 Å². The highest BCUT2D eigenvalue weighted by molar-refractivity contribution is 7.80. The fraction of sp³-hybridized carbons (Fsp3) is 0.211. The van der Waals surface area contributed by atoms with Crippen molar-refractivity contribution in [2.45, 2.75) is 13.8 Å². The van der Waals surface area contributed by atoms with Crippen LogP contribution < -0.4 is 20.3 Å². The van der Waals surface area contributed by atoms with E-state index in [1.165, 1.54) is 11.8 Å². The first-order chi connectivity index (χ1) is 12.4. The Bertz CT molecular complexity index is 806. The summed E-state index contributed by atoms with van der Waals surface area (Å²) in [5.74, 6) is 0.257.